The Bertz CT molecular complexity index is 634. The number of carboxylic acid groups (broad SMARTS) is 1. The third kappa shape index (κ3) is 3.76. The van der Waals surface area contributed by atoms with Crippen molar-refractivity contribution in [3.63, 3.8) is 0 Å². The molecule has 0 amide bonds. The van der Waals surface area contributed by atoms with Crippen LogP contribution < -0.4 is 56.5 Å². The van der Waals surface area contributed by atoms with Crippen LogP contribution in [-0.2, 0) is 4.79 Å². The second-order valence-corrected chi connectivity index (χ2v) is 10.5. The molecule has 0 radical (unpaired) electrons. The minimum atomic E-state index is -1.23. The maximum atomic E-state index is 10.8. The molecule has 4 aliphatic carbocycles. The molecule has 8 atom stereocenters. The maximum absolute atomic E-state index is 10.8. The van der Waals surface area contributed by atoms with Gasteiger partial charge in [0.2, 0.25) is 0 Å². The number of hydrogen-bond acceptors (Lipinski definition) is 2. The molecule has 4 rings (SSSR count). The van der Waals surface area contributed by atoms with Crippen LogP contribution in [0.15, 0.2) is 0 Å². The molecule has 0 spiro atoms. The Labute approximate surface area is 208 Å². The van der Waals surface area contributed by atoms with E-state index >= 15 is 0 Å². The van der Waals surface area contributed by atoms with Gasteiger partial charge in [0.1, 0.15) is 5.97 Å². The summed E-state index contributed by atoms with van der Waals surface area (Å²) in [5, 5.41) is 10.8. The molecule has 4 saturated carbocycles. The van der Waals surface area contributed by atoms with Crippen molar-refractivity contribution in [3.8, 4) is 11.8 Å². The SMILES string of the molecule is C[C@H](C#CC(=O)[O-])[C@H]1CC[C@H]2[C@@H]3CCC4CCCC[C@]4(C)[C@H]3CC[C@]12C.[K+]. The van der Waals surface area contributed by atoms with Crippen LogP contribution in [-0.4, -0.2) is 5.97 Å². The number of fused-ring (bicyclic) bond motifs is 5. The molecule has 0 aromatic rings. The van der Waals surface area contributed by atoms with Gasteiger partial charge in [-0.2, -0.15) is 0 Å². The first kappa shape index (κ1) is 22.4. The molecule has 1 unspecified atom stereocenters. The molecule has 4 fully saturated rings. The fraction of sp³-hybridized carbons (Fsp3) is 0.875. The van der Waals surface area contributed by atoms with E-state index in [1.165, 1.54) is 64.2 Å². The van der Waals surface area contributed by atoms with E-state index in [-0.39, 0.29) is 57.3 Å². The average Bonchev–Trinajstić information content (AvgIpc) is 2.96. The van der Waals surface area contributed by atoms with Crippen molar-refractivity contribution in [1.29, 1.82) is 0 Å². The van der Waals surface area contributed by atoms with Crippen LogP contribution in [0.4, 0.5) is 0 Å². The summed E-state index contributed by atoms with van der Waals surface area (Å²) in [5.74, 6) is 8.42. The molecular formula is C24H35KO2. The fourth-order valence-electron chi connectivity index (χ4n) is 8.43. The predicted molar refractivity (Wildman–Crippen MR) is 102 cm³/mol. The van der Waals surface area contributed by atoms with Gasteiger partial charge in [-0.25, -0.2) is 0 Å². The zero-order valence-electron chi connectivity index (χ0n) is 17.9. The van der Waals surface area contributed by atoms with E-state index in [0.717, 1.165) is 23.7 Å². The van der Waals surface area contributed by atoms with E-state index in [0.29, 0.717) is 16.7 Å². The summed E-state index contributed by atoms with van der Waals surface area (Å²) in [7, 11) is 0. The number of rotatable bonds is 1. The van der Waals surface area contributed by atoms with E-state index < -0.39 is 5.97 Å². The van der Waals surface area contributed by atoms with Crippen LogP contribution >= 0.6 is 0 Å². The molecule has 0 heterocycles. The zero-order chi connectivity index (χ0) is 18.5. The molecule has 2 nitrogen and oxygen atoms in total. The smallest absolute Gasteiger partial charge is 0.537 e. The Morgan fingerprint density at radius 3 is 2.44 bits per heavy atom. The minimum Gasteiger partial charge on any atom is -0.537 e. The van der Waals surface area contributed by atoms with Gasteiger partial charge in [-0.15, -0.1) is 0 Å². The van der Waals surface area contributed by atoms with E-state index in [9.17, 15) is 9.90 Å². The molecule has 0 saturated heterocycles. The first-order chi connectivity index (χ1) is 12.4. The molecular weight excluding hydrogens is 359 g/mol. The van der Waals surface area contributed by atoms with Crippen molar-refractivity contribution in [2.45, 2.75) is 85.0 Å². The molecule has 0 aromatic heterocycles. The Kier molecular flexibility index (Phi) is 6.97. The monoisotopic (exact) mass is 394 g/mol. The number of carbonyl (C=O) groups is 1. The number of aliphatic carboxylic acids is 1. The molecule has 4 aliphatic rings. The average molecular weight is 395 g/mol. The zero-order valence-corrected chi connectivity index (χ0v) is 21.0. The van der Waals surface area contributed by atoms with Crippen molar-refractivity contribution in [2.75, 3.05) is 0 Å². The summed E-state index contributed by atoms with van der Waals surface area (Å²) in [5.41, 5.74) is 0.958. The molecule has 0 aromatic carbocycles. The van der Waals surface area contributed by atoms with Gasteiger partial charge in [0, 0.05) is 5.92 Å². The van der Waals surface area contributed by atoms with Gasteiger partial charge in [0.15, 0.2) is 0 Å². The molecule has 0 bridgehead atoms. The van der Waals surface area contributed by atoms with E-state index in [1.807, 2.05) is 0 Å². The third-order valence-electron chi connectivity index (χ3n) is 9.66. The van der Waals surface area contributed by atoms with Crippen LogP contribution in [0.5, 0.6) is 0 Å². The van der Waals surface area contributed by atoms with Gasteiger partial charge in [0.05, 0.1) is 0 Å². The van der Waals surface area contributed by atoms with Gasteiger partial charge >= 0.3 is 51.4 Å². The second-order valence-electron chi connectivity index (χ2n) is 10.5. The summed E-state index contributed by atoms with van der Waals surface area (Å²) >= 11 is 0. The van der Waals surface area contributed by atoms with Gasteiger partial charge in [-0.1, -0.05) is 39.5 Å². The summed E-state index contributed by atoms with van der Waals surface area (Å²) < 4.78 is 0. The van der Waals surface area contributed by atoms with Crippen LogP contribution in [0.2, 0.25) is 0 Å². The van der Waals surface area contributed by atoms with Crippen LogP contribution in [0.25, 0.3) is 0 Å². The van der Waals surface area contributed by atoms with Gasteiger partial charge < -0.3 is 9.90 Å². The number of hydrogen-bond donors (Lipinski definition) is 0. The normalized spacial score (nSPS) is 46.6. The predicted octanol–water partition coefficient (Wildman–Crippen LogP) is 1.43. The first-order valence-corrected chi connectivity index (χ1v) is 11.1. The maximum Gasteiger partial charge on any atom is 1.00 e. The molecule has 0 N–H and O–H groups in total. The fourth-order valence-corrected chi connectivity index (χ4v) is 8.43. The van der Waals surface area contributed by atoms with Gasteiger partial charge in [0.25, 0.3) is 0 Å². The summed E-state index contributed by atoms with van der Waals surface area (Å²) in [6.07, 6.45) is 14.0. The van der Waals surface area contributed by atoms with Crippen LogP contribution in [0, 0.1) is 58.2 Å². The van der Waals surface area contributed by atoms with Crippen molar-refractivity contribution in [3.05, 3.63) is 0 Å². The topological polar surface area (TPSA) is 40.1 Å². The van der Waals surface area contributed by atoms with Crippen molar-refractivity contribution in [1.82, 2.24) is 0 Å². The van der Waals surface area contributed by atoms with Crippen molar-refractivity contribution in [2.24, 2.45) is 46.3 Å². The van der Waals surface area contributed by atoms with Crippen molar-refractivity contribution < 1.29 is 61.3 Å². The Morgan fingerprint density at radius 1 is 0.963 bits per heavy atom. The minimum absolute atomic E-state index is 0. The Morgan fingerprint density at radius 2 is 1.70 bits per heavy atom. The standard InChI is InChI=1S/C24H36O2.K/c1-16(7-12-22(25)26)19-10-11-20-18-9-8-17-6-4-5-14-23(17,2)21(18)13-15-24(19,20)3;/h16-21H,4-6,8-11,13-15H2,1-3H3,(H,25,26);/q;+1/p-1/t16-,17?,18+,19-,20+,21+,23+,24-;/m1./s1. The van der Waals surface area contributed by atoms with E-state index in [4.69, 9.17) is 0 Å². The number of carbonyl (C=O) groups excluding carboxylic acids is 1. The van der Waals surface area contributed by atoms with Crippen molar-refractivity contribution >= 4 is 5.97 Å². The largest absolute Gasteiger partial charge is 1.00 e. The van der Waals surface area contributed by atoms with E-state index in [2.05, 4.69) is 32.6 Å². The molecule has 3 heteroatoms. The second kappa shape index (κ2) is 8.42. The number of carboxylic acids is 1. The summed E-state index contributed by atoms with van der Waals surface area (Å²) in [6.45, 7) is 7.29. The Balaban J connectivity index is 0.00000210. The quantitative estimate of drug-likeness (QED) is 0.499. The molecule has 0 aliphatic heterocycles. The Hall–Kier alpha value is 0.666. The summed E-state index contributed by atoms with van der Waals surface area (Å²) in [6, 6.07) is 0. The van der Waals surface area contributed by atoms with Crippen LogP contribution in [0.3, 0.4) is 0 Å². The van der Waals surface area contributed by atoms with Gasteiger partial charge in [-0.3, -0.25) is 0 Å². The van der Waals surface area contributed by atoms with Crippen LogP contribution in [0.1, 0.15) is 85.0 Å². The van der Waals surface area contributed by atoms with E-state index in [1.54, 1.807) is 0 Å². The molecule has 27 heavy (non-hydrogen) atoms. The first-order valence-electron chi connectivity index (χ1n) is 11.1. The van der Waals surface area contributed by atoms with Gasteiger partial charge in [-0.05, 0) is 97.7 Å². The molecule has 144 valence electrons. The third-order valence-corrected chi connectivity index (χ3v) is 9.66. The summed E-state index contributed by atoms with van der Waals surface area (Å²) in [4.78, 5) is 10.8.